The molecule has 150 valence electrons. The van der Waals surface area contributed by atoms with Crippen LogP contribution in [0.15, 0.2) is 23.3 Å². The SMILES string of the molecule is CC1=CCC(C)(C)C(c2c(C)nc3n2C=C(C(=O)N2CCCCC2)C(C)C3)=C1. The molecule has 28 heavy (non-hydrogen) atoms. The number of nitrogens with zero attached hydrogens (tertiary/aromatic N) is 3. The van der Waals surface area contributed by atoms with E-state index in [0.717, 1.165) is 55.9 Å². The van der Waals surface area contributed by atoms with Gasteiger partial charge in [0.1, 0.15) is 5.82 Å². The fraction of sp³-hybridized carbons (Fsp3) is 0.583. The van der Waals surface area contributed by atoms with E-state index in [9.17, 15) is 4.79 Å². The van der Waals surface area contributed by atoms with Crippen molar-refractivity contribution in [2.45, 2.75) is 66.7 Å². The average Bonchev–Trinajstić information content (AvgIpc) is 2.97. The standard InChI is InChI=1S/C24H33N3O/c1-16-9-10-24(4,5)20(13-16)22-18(3)25-21-14-17(2)19(15-27(21)22)23(28)26-11-7-6-8-12-26/h9,13,15,17H,6-8,10-12,14H2,1-5H3. The van der Waals surface area contributed by atoms with Crippen molar-refractivity contribution in [1.82, 2.24) is 14.5 Å². The number of allylic oxidation sites excluding steroid dienone is 4. The lowest BCUT2D eigenvalue weighted by Gasteiger charge is -2.33. The fourth-order valence-electron chi connectivity index (χ4n) is 4.80. The lowest BCUT2D eigenvalue weighted by molar-refractivity contribution is -0.128. The van der Waals surface area contributed by atoms with Crippen LogP contribution < -0.4 is 0 Å². The number of hydrogen-bond donors (Lipinski definition) is 0. The van der Waals surface area contributed by atoms with Crippen molar-refractivity contribution in [1.29, 1.82) is 0 Å². The van der Waals surface area contributed by atoms with Gasteiger partial charge in [0.15, 0.2) is 0 Å². The molecule has 1 amide bonds. The molecule has 4 nitrogen and oxygen atoms in total. The molecule has 1 aliphatic carbocycles. The van der Waals surface area contributed by atoms with E-state index in [1.165, 1.54) is 23.3 Å². The molecule has 1 aromatic rings. The topological polar surface area (TPSA) is 38.1 Å². The van der Waals surface area contributed by atoms with Crippen LogP contribution in [0.4, 0.5) is 0 Å². The molecule has 1 fully saturated rings. The highest BCUT2D eigenvalue weighted by molar-refractivity contribution is 5.97. The minimum atomic E-state index is 0.0645. The summed E-state index contributed by atoms with van der Waals surface area (Å²) in [6, 6.07) is 0. The zero-order valence-electron chi connectivity index (χ0n) is 18.0. The van der Waals surface area contributed by atoms with E-state index in [2.05, 4.69) is 62.4 Å². The number of fused-ring (bicyclic) bond motifs is 1. The lowest BCUT2D eigenvalue weighted by Crippen LogP contribution is -2.39. The Morgan fingerprint density at radius 1 is 1.18 bits per heavy atom. The Morgan fingerprint density at radius 3 is 2.61 bits per heavy atom. The number of aromatic nitrogens is 2. The number of piperidine rings is 1. The van der Waals surface area contributed by atoms with Crippen LogP contribution in [0.2, 0.25) is 0 Å². The summed E-state index contributed by atoms with van der Waals surface area (Å²) in [6.45, 7) is 12.8. The molecule has 0 radical (unpaired) electrons. The van der Waals surface area contributed by atoms with Gasteiger partial charge >= 0.3 is 0 Å². The molecule has 0 saturated carbocycles. The zero-order valence-corrected chi connectivity index (χ0v) is 18.0. The zero-order chi connectivity index (χ0) is 20.1. The van der Waals surface area contributed by atoms with Crippen LogP contribution in [0.25, 0.3) is 11.8 Å². The maximum Gasteiger partial charge on any atom is 0.251 e. The van der Waals surface area contributed by atoms with Gasteiger partial charge in [0.2, 0.25) is 0 Å². The van der Waals surface area contributed by atoms with Crippen molar-refractivity contribution in [3.05, 3.63) is 40.5 Å². The van der Waals surface area contributed by atoms with E-state index >= 15 is 0 Å². The molecule has 3 aliphatic rings. The van der Waals surface area contributed by atoms with E-state index < -0.39 is 0 Å². The minimum absolute atomic E-state index is 0.0645. The summed E-state index contributed by atoms with van der Waals surface area (Å²) in [6.07, 6.45) is 12.1. The van der Waals surface area contributed by atoms with E-state index in [0.29, 0.717) is 0 Å². The molecule has 0 spiro atoms. The van der Waals surface area contributed by atoms with Crippen LogP contribution in [0, 0.1) is 18.3 Å². The summed E-state index contributed by atoms with van der Waals surface area (Å²) < 4.78 is 2.22. The number of rotatable bonds is 2. The van der Waals surface area contributed by atoms with E-state index in [4.69, 9.17) is 4.98 Å². The molecule has 0 aromatic carbocycles. The van der Waals surface area contributed by atoms with Crippen molar-refractivity contribution in [2.24, 2.45) is 11.3 Å². The van der Waals surface area contributed by atoms with Gasteiger partial charge in [-0.1, -0.05) is 38.5 Å². The fourth-order valence-corrected chi connectivity index (χ4v) is 4.80. The van der Waals surface area contributed by atoms with Crippen LogP contribution in [0.5, 0.6) is 0 Å². The molecule has 1 unspecified atom stereocenters. The van der Waals surface area contributed by atoms with Crippen LogP contribution in [0.3, 0.4) is 0 Å². The second-order valence-corrected chi connectivity index (χ2v) is 9.47. The molecule has 2 aliphatic heterocycles. The maximum atomic E-state index is 13.2. The van der Waals surface area contributed by atoms with Crippen molar-refractivity contribution in [3.63, 3.8) is 0 Å². The molecular formula is C24H33N3O. The number of carbonyl (C=O) groups is 1. The second-order valence-electron chi connectivity index (χ2n) is 9.47. The summed E-state index contributed by atoms with van der Waals surface area (Å²) in [5.41, 5.74) is 5.90. The van der Waals surface area contributed by atoms with Gasteiger partial charge < -0.3 is 9.47 Å². The van der Waals surface area contributed by atoms with Gasteiger partial charge in [0.05, 0.1) is 11.4 Å². The number of likely N-dealkylation sites (tertiary alicyclic amines) is 1. The Hall–Kier alpha value is -2.10. The second kappa shape index (κ2) is 7.06. The van der Waals surface area contributed by atoms with Crippen molar-refractivity contribution >= 4 is 17.7 Å². The summed E-state index contributed by atoms with van der Waals surface area (Å²) in [5, 5.41) is 0. The summed E-state index contributed by atoms with van der Waals surface area (Å²) >= 11 is 0. The van der Waals surface area contributed by atoms with Crippen LogP contribution in [0.1, 0.15) is 70.6 Å². The Bertz CT molecular complexity index is 891. The number of hydrogen-bond acceptors (Lipinski definition) is 2. The predicted octanol–water partition coefficient (Wildman–Crippen LogP) is 5.00. The molecule has 4 rings (SSSR count). The molecule has 1 atom stereocenters. The lowest BCUT2D eigenvalue weighted by atomic mass is 9.75. The highest BCUT2D eigenvalue weighted by Crippen LogP contribution is 2.44. The Kier molecular flexibility index (Phi) is 4.84. The van der Waals surface area contributed by atoms with Gasteiger partial charge in [-0.15, -0.1) is 0 Å². The Balaban J connectivity index is 1.78. The minimum Gasteiger partial charge on any atom is -0.339 e. The van der Waals surface area contributed by atoms with Gasteiger partial charge in [-0.3, -0.25) is 4.79 Å². The summed E-state index contributed by atoms with van der Waals surface area (Å²) in [5.74, 6) is 1.52. The normalized spacial score (nSPS) is 24.2. The first-order valence-electron chi connectivity index (χ1n) is 10.8. The van der Waals surface area contributed by atoms with Crippen LogP contribution in [-0.2, 0) is 11.2 Å². The third kappa shape index (κ3) is 3.27. The third-order valence-corrected chi connectivity index (χ3v) is 6.63. The molecule has 1 aromatic heterocycles. The first-order chi connectivity index (χ1) is 13.3. The quantitative estimate of drug-likeness (QED) is 0.725. The molecule has 0 N–H and O–H groups in total. The van der Waals surface area contributed by atoms with Crippen molar-refractivity contribution in [2.75, 3.05) is 13.1 Å². The van der Waals surface area contributed by atoms with E-state index in [1.807, 2.05) is 0 Å². The highest BCUT2D eigenvalue weighted by atomic mass is 16.2. The Morgan fingerprint density at radius 2 is 1.89 bits per heavy atom. The highest BCUT2D eigenvalue weighted by Gasteiger charge is 2.34. The number of imidazole rings is 1. The smallest absolute Gasteiger partial charge is 0.251 e. The van der Waals surface area contributed by atoms with Crippen molar-refractivity contribution < 1.29 is 4.79 Å². The summed E-state index contributed by atoms with van der Waals surface area (Å²) in [7, 11) is 0. The Labute approximate surface area is 169 Å². The van der Waals surface area contributed by atoms with Gasteiger partial charge in [0.25, 0.3) is 5.91 Å². The largest absolute Gasteiger partial charge is 0.339 e. The van der Waals surface area contributed by atoms with E-state index in [1.54, 1.807) is 0 Å². The molecular weight excluding hydrogens is 346 g/mol. The third-order valence-electron chi connectivity index (χ3n) is 6.63. The molecule has 4 heteroatoms. The molecule has 1 saturated heterocycles. The van der Waals surface area contributed by atoms with E-state index in [-0.39, 0.29) is 17.2 Å². The molecule has 0 bridgehead atoms. The predicted molar refractivity (Wildman–Crippen MR) is 115 cm³/mol. The van der Waals surface area contributed by atoms with Gasteiger partial charge in [0, 0.05) is 31.3 Å². The number of carbonyl (C=O) groups excluding carboxylic acids is 1. The van der Waals surface area contributed by atoms with Crippen molar-refractivity contribution in [3.8, 4) is 0 Å². The number of amides is 1. The first kappa shape index (κ1) is 19.2. The van der Waals surface area contributed by atoms with Gasteiger partial charge in [-0.05, 0) is 56.4 Å². The van der Waals surface area contributed by atoms with Crippen LogP contribution in [-0.4, -0.2) is 33.4 Å². The summed E-state index contributed by atoms with van der Waals surface area (Å²) in [4.78, 5) is 20.2. The average molecular weight is 380 g/mol. The van der Waals surface area contributed by atoms with Crippen LogP contribution >= 0.6 is 0 Å². The number of aryl methyl sites for hydroxylation is 1. The van der Waals surface area contributed by atoms with Gasteiger partial charge in [-0.2, -0.15) is 0 Å². The maximum absolute atomic E-state index is 13.2. The van der Waals surface area contributed by atoms with Gasteiger partial charge in [-0.25, -0.2) is 4.98 Å². The monoisotopic (exact) mass is 379 g/mol. The molecule has 3 heterocycles. The first-order valence-corrected chi connectivity index (χ1v) is 10.8.